The van der Waals surface area contributed by atoms with E-state index in [1.165, 1.54) is 0 Å². The van der Waals surface area contributed by atoms with E-state index in [0.717, 1.165) is 16.7 Å². The number of rotatable bonds is 5. The maximum Gasteiger partial charge on any atom is 0.410 e. The number of aryl methyl sites for hydroxylation is 1. The largest absolute Gasteiger partial charge is 0.467 e. The molecule has 0 aliphatic carbocycles. The molecule has 2 atom stereocenters. The summed E-state index contributed by atoms with van der Waals surface area (Å²) in [6, 6.07) is 1.22. The van der Waals surface area contributed by atoms with Gasteiger partial charge in [0.25, 0.3) is 5.91 Å². The van der Waals surface area contributed by atoms with Gasteiger partial charge in [-0.1, -0.05) is 0 Å². The molecule has 0 bridgehead atoms. The summed E-state index contributed by atoms with van der Waals surface area (Å²) >= 11 is 0. The standard InChI is InChI=1S/C23H36N2O6/c1-14-11-19(30-13-29-7)15(2)16(3)20(14)21(27)24-17-12-25(10-8-9-18(17)26)22(28)31-23(4,5)6/h11,17-18,26H,8-10,12-13H2,1-7H3,(H,24,27)/t17-,18-/m1/s1. The topological polar surface area (TPSA) is 97.3 Å². The average molecular weight is 437 g/mol. The maximum atomic E-state index is 13.2. The maximum absolute atomic E-state index is 13.2. The Balaban J connectivity index is 2.20. The molecular formula is C23H36N2O6. The highest BCUT2D eigenvalue weighted by molar-refractivity contribution is 5.98. The van der Waals surface area contributed by atoms with Crippen LogP contribution in [0.1, 0.15) is 60.7 Å². The van der Waals surface area contributed by atoms with E-state index in [-0.39, 0.29) is 19.2 Å². The van der Waals surface area contributed by atoms with Crippen molar-refractivity contribution in [3.8, 4) is 5.75 Å². The van der Waals surface area contributed by atoms with Crippen LogP contribution in [0.5, 0.6) is 5.75 Å². The van der Waals surface area contributed by atoms with Crippen molar-refractivity contribution in [1.29, 1.82) is 0 Å². The number of nitrogens with zero attached hydrogens (tertiary/aromatic N) is 1. The lowest BCUT2D eigenvalue weighted by molar-refractivity contribution is 0.0223. The summed E-state index contributed by atoms with van der Waals surface area (Å²) in [5.74, 6) is 0.380. The van der Waals surface area contributed by atoms with Gasteiger partial charge in [-0.2, -0.15) is 0 Å². The predicted octanol–water partition coefficient (Wildman–Crippen LogP) is 3.08. The lowest BCUT2D eigenvalue weighted by Gasteiger charge is -2.30. The highest BCUT2D eigenvalue weighted by atomic mass is 16.7. The van der Waals surface area contributed by atoms with Crippen LogP contribution >= 0.6 is 0 Å². The number of benzene rings is 1. The van der Waals surface area contributed by atoms with Gasteiger partial charge in [-0.15, -0.1) is 0 Å². The van der Waals surface area contributed by atoms with Crippen molar-refractivity contribution < 1.29 is 28.9 Å². The fourth-order valence-electron chi connectivity index (χ4n) is 3.68. The molecule has 2 N–H and O–H groups in total. The first-order valence-electron chi connectivity index (χ1n) is 10.6. The third-order valence-electron chi connectivity index (χ3n) is 5.39. The molecule has 1 aromatic carbocycles. The molecule has 0 spiro atoms. The SMILES string of the molecule is COCOc1cc(C)c(C(=O)N[C@@H]2CN(C(=O)OC(C)(C)C)CCC[C@H]2O)c(C)c1C. The summed E-state index contributed by atoms with van der Waals surface area (Å²) in [4.78, 5) is 27.3. The zero-order chi connectivity index (χ0) is 23.3. The number of aliphatic hydroxyl groups excluding tert-OH is 1. The molecule has 8 heteroatoms. The van der Waals surface area contributed by atoms with Crippen LogP contribution in [0.25, 0.3) is 0 Å². The molecule has 0 radical (unpaired) electrons. The zero-order valence-electron chi connectivity index (χ0n) is 19.7. The van der Waals surface area contributed by atoms with Gasteiger partial charge in [-0.3, -0.25) is 4.79 Å². The van der Waals surface area contributed by atoms with Crippen LogP contribution in [-0.4, -0.2) is 66.7 Å². The van der Waals surface area contributed by atoms with Gasteiger partial charge in [0.1, 0.15) is 11.4 Å². The molecule has 1 fully saturated rings. The summed E-state index contributed by atoms with van der Waals surface area (Å²) in [6.07, 6.45) is -0.0633. The quantitative estimate of drug-likeness (QED) is 0.689. The van der Waals surface area contributed by atoms with Gasteiger partial charge in [-0.05, 0) is 77.1 Å². The number of ether oxygens (including phenoxy) is 3. The predicted molar refractivity (Wildman–Crippen MR) is 117 cm³/mol. The Bertz CT molecular complexity index is 802. The Labute approximate surface area is 184 Å². The first-order valence-corrected chi connectivity index (χ1v) is 10.6. The molecule has 174 valence electrons. The minimum Gasteiger partial charge on any atom is -0.467 e. The molecule has 0 saturated carbocycles. The van der Waals surface area contributed by atoms with Gasteiger partial charge in [0.05, 0.1) is 12.1 Å². The van der Waals surface area contributed by atoms with Crippen LogP contribution in [0.4, 0.5) is 4.79 Å². The number of carbonyl (C=O) groups is 2. The number of aliphatic hydroxyl groups is 1. The minimum absolute atomic E-state index is 0.125. The smallest absolute Gasteiger partial charge is 0.410 e. The van der Waals surface area contributed by atoms with Gasteiger partial charge < -0.3 is 29.5 Å². The zero-order valence-corrected chi connectivity index (χ0v) is 19.7. The van der Waals surface area contributed by atoms with Crippen molar-refractivity contribution in [2.24, 2.45) is 0 Å². The van der Waals surface area contributed by atoms with Gasteiger partial charge >= 0.3 is 6.09 Å². The summed E-state index contributed by atoms with van der Waals surface area (Å²) < 4.78 is 16.0. The van der Waals surface area contributed by atoms with E-state index in [2.05, 4.69) is 5.32 Å². The van der Waals surface area contributed by atoms with Crippen molar-refractivity contribution in [3.05, 3.63) is 28.3 Å². The summed E-state index contributed by atoms with van der Waals surface area (Å²) in [5.41, 5.74) is 2.35. The summed E-state index contributed by atoms with van der Waals surface area (Å²) in [6.45, 7) is 11.8. The number of nitrogens with one attached hydrogen (secondary N) is 1. The lowest BCUT2D eigenvalue weighted by atomic mass is 9.96. The second-order valence-electron chi connectivity index (χ2n) is 9.08. The normalized spacial score (nSPS) is 19.5. The van der Waals surface area contributed by atoms with Gasteiger partial charge in [-0.25, -0.2) is 4.79 Å². The first-order chi connectivity index (χ1) is 14.4. The van der Waals surface area contributed by atoms with Crippen LogP contribution in [0.2, 0.25) is 0 Å². The fourth-order valence-corrected chi connectivity index (χ4v) is 3.68. The van der Waals surface area contributed by atoms with Crippen LogP contribution < -0.4 is 10.1 Å². The van der Waals surface area contributed by atoms with Crippen LogP contribution in [0.3, 0.4) is 0 Å². The van der Waals surface area contributed by atoms with E-state index in [0.29, 0.717) is 30.7 Å². The molecule has 1 aliphatic heterocycles. The number of amides is 2. The molecule has 1 aliphatic rings. The minimum atomic E-state index is -0.748. The molecule has 2 rings (SSSR count). The van der Waals surface area contributed by atoms with Crippen molar-refractivity contribution in [3.63, 3.8) is 0 Å². The Morgan fingerprint density at radius 1 is 1.23 bits per heavy atom. The highest BCUT2D eigenvalue weighted by Gasteiger charge is 2.32. The molecule has 1 aromatic rings. The van der Waals surface area contributed by atoms with E-state index in [1.54, 1.807) is 12.0 Å². The van der Waals surface area contributed by atoms with Gasteiger partial charge in [0, 0.05) is 25.8 Å². The van der Waals surface area contributed by atoms with Gasteiger partial charge in [0.2, 0.25) is 0 Å². The molecule has 2 amide bonds. The van der Waals surface area contributed by atoms with E-state index < -0.39 is 23.8 Å². The summed E-state index contributed by atoms with van der Waals surface area (Å²) in [7, 11) is 1.55. The van der Waals surface area contributed by atoms with E-state index in [9.17, 15) is 14.7 Å². The van der Waals surface area contributed by atoms with Crippen LogP contribution in [0.15, 0.2) is 6.07 Å². The molecule has 31 heavy (non-hydrogen) atoms. The Hall–Kier alpha value is -2.32. The second kappa shape index (κ2) is 10.3. The third-order valence-corrected chi connectivity index (χ3v) is 5.39. The highest BCUT2D eigenvalue weighted by Crippen LogP contribution is 2.28. The Morgan fingerprint density at radius 3 is 2.52 bits per heavy atom. The third kappa shape index (κ3) is 6.58. The van der Waals surface area contributed by atoms with Crippen molar-refractivity contribution in [1.82, 2.24) is 10.2 Å². The Kier molecular flexibility index (Phi) is 8.31. The molecule has 1 heterocycles. The molecular weight excluding hydrogens is 400 g/mol. The molecule has 8 nitrogen and oxygen atoms in total. The van der Waals surface area contributed by atoms with Crippen molar-refractivity contribution >= 4 is 12.0 Å². The van der Waals surface area contributed by atoms with Crippen molar-refractivity contribution in [2.45, 2.75) is 72.1 Å². The fraction of sp³-hybridized carbons (Fsp3) is 0.652. The summed E-state index contributed by atoms with van der Waals surface area (Å²) in [5, 5.41) is 13.5. The first kappa shape index (κ1) is 24.9. The van der Waals surface area contributed by atoms with E-state index >= 15 is 0 Å². The number of likely N-dealkylation sites (tertiary alicyclic amines) is 1. The van der Waals surface area contributed by atoms with Gasteiger partial charge in [0.15, 0.2) is 6.79 Å². The molecule has 0 unspecified atom stereocenters. The number of hydrogen-bond donors (Lipinski definition) is 2. The molecule has 1 saturated heterocycles. The van der Waals surface area contributed by atoms with E-state index in [4.69, 9.17) is 14.2 Å². The molecule has 0 aromatic heterocycles. The monoisotopic (exact) mass is 436 g/mol. The lowest BCUT2D eigenvalue weighted by Crippen LogP contribution is -2.50. The van der Waals surface area contributed by atoms with Crippen LogP contribution in [-0.2, 0) is 9.47 Å². The number of methoxy groups -OCH3 is 1. The van der Waals surface area contributed by atoms with Crippen LogP contribution in [0, 0.1) is 20.8 Å². The second-order valence-corrected chi connectivity index (χ2v) is 9.08. The number of hydrogen-bond acceptors (Lipinski definition) is 6. The average Bonchev–Trinajstić information content (AvgIpc) is 2.84. The van der Waals surface area contributed by atoms with Crippen molar-refractivity contribution in [2.75, 3.05) is 27.0 Å². The van der Waals surface area contributed by atoms with E-state index in [1.807, 2.05) is 47.6 Å². The number of carbonyl (C=O) groups excluding carboxylic acids is 2. The Morgan fingerprint density at radius 2 is 1.90 bits per heavy atom.